The molecule has 5 nitrogen and oxygen atoms in total. The summed E-state index contributed by atoms with van der Waals surface area (Å²) in [4.78, 5) is 23.1. The molecule has 0 spiro atoms. The largest absolute Gasteiger partial charge is 0.388 e. The monoisotopic (exact) mass is 250 g/mol. The molecule has 1 rings (SSSR count). The van der Waals surface area contributed by atoms with Crippen LogP contribution in [0.15, 0.2) is 30.3 Å². The molecule has 0 heterocycles. The Bertz CT molecular complexity index is 392. The lowest BCUT2D eigenvalue weighted by Gasteiger charge is -2.09. The zero-order valence-corrected chi connectivity index (χ0v) is 10.2. The zero-order chi connectivity index (χ0) is 13.4. The van der Waals surface area contributed by atoms with E-state index in [9.17, 15) is 9.59 Å². The molecule has 0 aromatic heterocycles. The quantitative estimate of drug-likeness (QED) is 0.443. The summed E-state index contributed by atoms with van der Waals surface area (Å²) in [6.07, 6.45) is 2.01. The van der Waals surface area contributed by atoms with Crippen LogP contribution in [0.2, 0.25) is 0 Å². The average molecular weight is 250 g/mol. The first-order valence-corrected chi connectivity index (χ1v) is 5.92. The molecule has 0 aliphatic rings. The Morgan fingerprint density at radius 1 is 1.17 bits per heavy atom. The van der Waals surface area contributed by atoms with Crippen molar-refractivity contribution in [1.82, 2.24) is 0 Å². The highest BCUT2D eigenvalue weighted by atomic mass is 16.6. The molecule has 0 radical (unpaired) electrons. The van der Waals surface area contributed by atoms with Gasteiger partial charge >= 0.3 is 11.9 Å². The number of ether oxygens (including phenoxy) is 1. The Morgan fingerprint density at radius 3 is 2.44 bits per heavy atom. The van der Waals surface area contributed by atoms with Crippen molar-refractivity contribution in [3.05, 3.63) is 35.9 Å². The number of hydrogen-bond donors (Lipinski definition) is 2. The van der Waals surface area contributed by atoms with Crippen LogP contribution in [-0.4, -0.2) is 24.5 Å². The first-order chi connectivity index (χ1) is 8.65. The molecule has 0 aliphatic carbocycles. The number of nitrogens with two attached hydrogens (primary N) is 2. The molecule has 5 heteroatoms. The maximum Gasteiger partial charge on any atom is 0.345 e. The lowest BCUT2D eigenvalue weighted by molar-refractivity contribution is -0.139. The molecule has 0 saturated heterocycles. The highest BCUT2D eigenvalue weighted by Crippen LogP contribution is 2.04. The minimum atomic E-state index is -0.774. The number of esters is 2. The number of rotatable bonds is 6. The van der Waals surface area contributed by atoms with Gasteiger partial charge in [-0.15, -0.1) is 0 Å². The predicted molar refractivity (Wildman–Crippen MR) is 67.7 cm³/mol. The lowest BCUT2D eigenvalue weighted by atomic mass is 10.1. The molecule has 0 bridgehead atoms. The van der Waals surface area contributed by atoms with Crippen molar-refractivity contribution >= 4 is 11.9 Å². The van der Waals surface area contributed by atoms with Crippen LogP contribution in [-0.2, 0) is 9.53 Å². The molecule has 0 fully saturated rings. The maximum absolute atomic E-state index is 11.6. The van der Waals surface area contributed by atoms with E-state index in [0.717, 1.165) is 12.8 Å². The van der Waals surface area contributed by atoms with Crippen molar-refractivity contribution < 1.29 is 14.3 Å². The Hall–Kier alpha value is -1.72. The van der Waals surface area contributed by atoms with Crippen LogP contribution < -0.4 is 11.5 Å². The Kier molecular flexibility index (Phi) is 6.04. The van der Waals surface area contributed by atoms with Crippen molar-refractivity contribution in [3.63, 3.8) is 0 Å². The van der Waals surface area contributed by atoms with E-state index in [-0.39, 0.29) is 0 Å². The van der Waals surface area contributed by atoms with Crippen molar-refractivity contribution in [1.29, 1.82) is 0 Å². The van der Waals surface area contributed by atoms with Gasteiger partial charge in [-0.25, -0.2) is 9.59 Å². The van der Waals surface area contributed by atoms with E-state index < -0.39 is 18.0 Å². The fourth-order valence-electron chi connectivity index (χ4n) is 1.43. The smallest absolute Gasteiger partial charge is 0.345 e. The number of carbonyl (C=O) groups is 2. The molecule has 1 atom stereocenters. The van der Waals surface area contributed by atoms with E-state index in [0.29, 0.717) is 18.5 Å². The van der Waals surface area contributed by atoms with Gasteiger partial charge in [0.05, 0.1) is 5.56 Å². The third-order valence-electron chi connectivity index (χ3n) is 2.47. The fraction of sp³-hybridized carbons (Fsp3) is 0.385. The molecule has 0 unspecified atom stereocenters. The molecular weight excluding hydrogens is 232 g/mol. The van der Waals surface area contributed by atoms with Crippen molar-refractivity contribution in [2.45, 2.75) is 25.3 Å². The Morgan fingerprint density at radius 2 is 1.83 bits per heavy atom. The van der Waals surface area contributed by atoms with Gasteiger partial charge in [0, 0.05) is 0 Å². The normalized spacial score (nSPS) is 11.9. The highest BCUT2D eigenvalue weighted by molar-refractivity contribution is 5.97. The van der Waals surface area contributed by atoms with Gasteiger partial charge in [-0.3, -0.25) is 0 Å². The Balaban J connectivity index is 2.42. The summed E-state index contributed by atoms with van der Waals surface area (Å²) in [5.41, 5.74) is 11.3. The summed E-state index contributed by atoms with van der Waals surface area (Å²) in [5, 5.41) is 0. The summed E-state index contributed by atoms with van der Waals surface area (Å²) in [7, 11) is 0. The van der Waals surface area contributed by atoms with Crippen LogP contribution in [0.25, 0.3) is 0 Å². The minimum Gasteiger partial charge on any atom is -0.388 e. The molecule has 1 aromatic rings. The first kappa shape index (κ1) is 14.3. The third-order valence-corrected chi connectivity index (χ3v) is 2.47. The van der Waals surface area contributed by atoms with Gasteiger partial charge in [0.15, 0.2) is 0 Å². The van der Waals surface area contributed by atoms with Crippen LogP contribution in [0, 0.1) is 0 Å². The SMILES string of the molecule is NCCCC[C@@H](N)C(=O)OC(=O)c1ccccc1. The summed E-state index contributed by atoms with van der Waals surface area (Å²) >= 11 is 0. The lowest BCUT2D eigenvalue weighted by Crippen LogP contribution is -2.33. The van der Waals surface area contributed by atoms with Crippen LogP contribution in [0.1, 0.15) is 29.6 Å². The van der Waals surface area contributed by atoms with E-state index >= 15 is 0 Å². The van der Waals surface area contributed by atoms with Crippen molar-refractivity contribution in [2.75, 3.05) is 6.54 Å². The van der Waals surface area contributed by atoms with Gasteiger partial charge in [-0.05, 0) is 31.5 Å². The van der Waals surface area contributed by atoms with Gasteiger partial charge < -0.3 is 16.2 Å². The summed E-state index contributed by atoms with van der Waals surface area (Å²) < 4.78 is 4.69. The summed E-state index contributed by atoms with van der Waals surface area (Å²) in [6, 6.07) is 7.55. The standard InChI is InChI=1S/C13H18N2O3/c14-9-5-4-8-11(15)13(17)18-12(16)10-6-2-1-3-7-10/h1-3,6-7,11H,4-5,8-9,14-15H2/t11-/m1/s1. The van der Waals surface area contributed by atoms with Crippen LogP contribution in [0.4, 0.5) is 0 Å². The van der Waals surface area contributed by atoms with Gasteiger partial charge in [0.1, 0.15) is 6.04 Å². The van der Waals surface area contributed by atoms with Gasteiger partial charge in [0.25, 0.3) is 0 Å². The molecule has 98 valence electrons. The third kappa shape index (κ3) is 4.65. The number of carbonyl (C=O) groups excluding carboxylic acids is 2. The molecule has 4 N–H and O–H groups in total. The number of benzene rings is 1. The second-order valence-electron chi connectivity index (χ2n) is 3.97. The van der Waals surface area contributed by atoms with E-state index in [1.807, 2.05) is 0 Å². The van der Waals surface area contributed by atoms with Crippen LogP contribution >= 0.6 is 0 Å². The fourth-order valence-corrected chi connectivity index (χ4v) is 1.43. The summed E-state index contributed by atoms with van der Waals surface area (Å²) in [5.74, 6) is -1.37. The molecule has 18 heavy (non-hydrogen) atoms. The first-order valence-electron chi connectivity index (χ1n) is 5.92. The van der Waals surface area contributed by atoms with Gasteiger partial charge in [-0.1, -0.05) is 24.6 Å². The predicted octanol–water partition coefficient (Wildman–Crippen LogP) is 0.826. The number of unbranched alkanes of at least 4 members (excludes halogenated alkanes) is 1. The maximum atomic E-state index is 11.6. The molecule has 0 saturated carbocycles. The second kappa shape index (κ2) is 7.58. The Labute approximate surface area is 106 Å². The molecular formula is C13H18N2O3. The molecule has 1 aromatic carbocycles. The molecule has 0 aliphatic heterocycles. The van der Waals surface area contributed by atoms with E-state index in [4.69, 9.17) is 16.2 Å². The topological polar surface area (TPSA) is 95.4 Å². The van der Waals surface area contributed by atoms with Crippen LogP contribution in [0.5, 0.6) is 0 Å². The van der Waals surface area contributed by atoms with E-state index in [1.54, 1.807) is 30.3 Å². The van der Waals surface area contributed by atoms with Crippen molar-refractivity contribution in [2.24, 2.45) is 11.5 Å². The minimum absolute atomic E-state index is 0.333. The second-order valence-corrected chi connectivity index (χ2v) is 3.97. The highest BCUT2D eigenvalue weighted by Gasteiger charge is 2.19. The number of hydrogen-bond acceptors (Lipinski definition) is 5. The van der Waals surface area contributed by atoms with Crippen LogP contribution in [0.3, 0.4) is 0 Å². The van der Waals surface area contributed by atoms with Gasteiger partial charge in [-0.2, -0.15) is 0 Å². The zero-order valence-electron chi connectivity index (χ0n) is 10.2. The molecule has 0 amide bonds. The van der Waals surface area contributed by atoms with Crippen molar-refractivity contribution in [3.8, 4) is 0 Å². The van der Waals surface area contributed by atoms with E-state index in [2.05, 4.69) is 0 Å². The van der Waals surface area contributed by atoms with Gasteiger partial charge in [0.2, 0.25) is 0 Å². The summed E-state index contributed by atoms with van der Waals surface area (Å²) in [6.45, 7) is 0.560. The van der Waals surface area contributed by atoms with E-state index in [1.165, 1.54) is 0 Å². The average Bonchev–Trinajstić information content (AvgIpc) is 2.39.